The molecule has 24 heavy (non-hydrogen) atoms. The predicted molar refractivity (Wildman–Crippen MR) is 92.6 cm³/mol. The molecule has 1 fully saturated rings. The molecule has 0 bridgehead atoms. The van der Waals surface area contributed by atoms with Crippen LogP contribution in [0.3, 0.4) is 0 Å². The number of ether oxygens (including phenoxy) is 3. The van der Waals surface area contributed by atoms with Gasteiger partial charge in [-0.2, -0.15) is 0 Å². The second kappa shape index (κ2) is 13.2. The molecule has 0 radical (unpaired) electrons. The van der Waals surface area contributed by atoms with Crippen LogP contribution in [-0.2, 0) is 23.8 Å². The maximum atomic E-state index is 11.7. The Morgan fingerprint density at radius 2 is 1.58 bits per heavy atom. The van der Waals surface area contributed by atoms with Gasteiger partial charge in [-0.05, 0) is 43.9 Å². The average molecular weight is 342 g/mol. The van der Waals surface area contributed by atoms with Crippen molar-refractivity contribution in [2.24, 2.45) is 11.8 Å². The third-order valence-electron chi connectivity index (χ3n) is 4.66. The summed E-state index contributed by atoms with van der Waals surface area (Å²) in [5, 5.41) is 0. The maximum Gasteiger partial charge on any atom is 0.305 e. The Bertz CT molecular complexity index is 350. The van der Waals surface area contributed by atoms with E-state index in [9.17, 15) is 9.59 Å². The average Bonchev–Trinajstić information content (AvgIpc) is 2.59. The summed E-state index contributed by atoms with van der Waals surface area (Å²) < 4.78 is 15.5. The molecule has 1 unspecified atom stereocenters. The van der Waals surface area contributed by atoms with E-state index in [0.717, 1.165) is 19.4 Å². The number of carbonyl (C=O) groups excluding carboxylic acids is 2. The molecule has 0 aromatic carbocycles. The van der Waals surface area contributed by atoms with Gasteiger partial charge in [-0.3, -0.25) is 9.59 Å². The third-order valence-corrected chi connectivity index (χ3v) is 4.66. The van der Waals surface area contributed by atoms with E-state index in [1.807, 2.05) is 0 Å². The molecule has 1 rings (SSSR count). The van der Waals surface area contributed by atoms with E-state index in [4.69, 9.17) is 14.2 Å². The van der Waals surface area contributed by atoms with Crippen molar-refractivity contribution in [1.29, 1.82) is 0 Å². The van der Waals surface area contributed by atoms with E-state index in [-0.39, 0.29) is 18.4 Å². The molecule has 1 aliphatic rings. The fourth-order valence-corrected chi connectivity index (χ4v) is 2.92. The molecule has 0 amide bonds. The minimum atomic E-state index is -0.228. The van der Waals surface area contributed by atoms with Crippen molar-refractivity contribution in [2.45, 2.75) is 71.1 Å². The first-order chi connectivity index (χ1) is 11.6. The molecular weight excluding hydrogens is 308 g/mol. The van der Waals surface area contributed by atoms with Crippen LogP contribution in [0.2, 0.25) is 0 Å². The van der Waals surface area contributed by atoms with E-state index in [1.165, 1.54) is 32.1 Å². The van der Waals surface area contributed by atoms with Crippen LogP contribution in [0.4, 0.5) is 0 Å². The quantitative estimate of drug-likeness (QED) is 0.504. The first-order valence-corrected chi connectivity index (χ1v) is 9.42. The summed E-state index contributed by atoms with van der Waals surface area (Å²) in [5.41, 5.74) is 0. The van der Waals surface area contributed by atoms with Gasteiger partial charge in [-0.25, -0.2) is 0 Å². The van der Waals surface area contributed by atoms with Crippen LogP contribution in [0.25, 0.3) is 0 Å². The lowest BCUT2D eigenvalue weighted by Crippen LogP contribution is -2.17. The van der Waals surface area contributed by atoms with Gasteiger partial charge in [0, 0.05) is 26.6 Å². The topological polar surface area (TPSA) is 61.8 Å². The summed E-state index contributed by atoms with van der Waals surface area (Å²) in [7, 11) is 1.69. The van der Waals surface area contributed by atoms with Crippen LogP contribution in [0.15, 0.2) is 0 Å². The largest absolute Gasteiger partial charge is 0.466 e. The van der Waals surface area contributed by atoms with Gasteiger partial charge in [-0.15, -0.1) is 0 Å². The van der Waals surface area contributed by atoms with Gasteiger partial charge in [0.25, 0.3) is 0 Å². The van der Waals surface area contributed by atoms with Crippen LogP contribution in [0.5, 0.6) is 0 Å². The fourth-order valence-electron chi connectivity index (χ4n) is 2.92. The lowest BCUT2D eigenvalue weighted by atomic mass is 9.90. The first kappa shape index (κ1) is 20.9. The van der Waals surface area contributed by atoms with Crippen LogP contribution in [0.1, 0.15) is 71.1 Å². The molecule has 140 valence electrons. The molecule has 5 heteroatoms. The van der Waals surface area contributed by atoms with Crippen molar-refractivity contribution in [1.82, 2.24) is 0 Å². The highest BCUT2D eigenvalue weighted by Gasteiger charge is 2.15. The normalized spacial score (nSPS) is 16.6. The standard InChI is InChI=1S/C19H34O5/c1-16(11-13-22-2)12-14-23-18(20)9-6-10-19(21)24-15-17-7-4-3-5-8-17/h16-17H,3-15H2,1-2H3. The fraction of sp³-hybridized carbons (Fsp3) is 0.895. The van der Waals surface area contributed by atoms with Gasteiger partial charge >= 0.3 is 11.9 Å². The van der Waals surface area contributed by atoms with E-state index < -0.39 is 0 Å². The summed E-state index contributed by atoms with van der Waals surface area (Å²) in [4.78, 5) is 23.3. The Labute approximate surface area is 146 Å². The third kappa shape index (κ3) is 10.6. The van der Waals surface area contributed by atoms with E-state index in [1.54, 1.807) is 7.11 Å². The number of hydrogen-bond donors (Lipinski definition) is 0. The summed E-state index contributed by atoms with van der Waals surface area (Å²) >= 11 is 0. The monoisotopic (exact) mass is 342 g/mol. The van der Waals surface area contributed by atoms with Crippen molar-refractivity contribution in [3.05, 3.63) is 0 Å². The summed E-state index contributed by atoms with van der Waals surface area (Å²) in [6.45, 7) is 3.84. The molecule has 1 saturated carbocycles. The van der Waals surface area contributed by atoms with Crippen molar-refractivity contribution < 1.29 is 23.8 Å². The molecule has 1 aliphatic carbocycles. The molecule has 1 atom stereocenters. The summed E-state index contributed by atoms with van der Waals surface area (Å²) in [6, 6.07) is 0. The number of carbonyl (C=O) groups is 2. The molecule has 0 heterocycles. The Hall–Kier alpha value is -1.10. The van der Waals surface area contributed by atoms with Gasteiger partial charge in [0.1, 0.15) is 0 Å². The van der Waals surface area contributed by atoms with Gasteiger partial charge in [0.15, 0.2) is 0 Å². The molecule has 0 spiro atoms. The smallest absolute Gasteiger partial charge is 0.305 e. The Morgan fingerprint density at radius 1 is 0.958 bits per heavy atom. The van der Waals surface area contributed by atoms with Crippen LogP contribution in [-0.4, -0.2) is 38.9 Å². The lowest BCUT2D eigenvalue weighted by molar-refractivity contribution is -0.146. The zero-order chi connectivity index (χ0) is 17.6. The van der Waals surface area contributed by atoms with Crippen molar-refractivity contribution in [3.8, 4) is 0 Å². The Morgan fingerprint density at radius 3 is 2.25 bits per heavy atom. The van der Waals surface area contributed by atoms with E-state index >= 15 is 0 Å². The second-order valence-corrected chi connectivity index (χ2v) is 6.94. The zero-order valence-electron chi connectivity index (χ0n) is 15.4. The van der Waals surface area contributed by atoms with E-state index in [0.29, 0.717) is 37.9 Å². The SMILES string of the molecule is COCCC(C)CCOC(=O)CCCC(=O)OCC1CCCCC1. The Balaban J connectivity index is 1.96. The molecule has 0 N–H and O–H groups in total. The summed E-state index contributed by atoms with van der Waals surface area (Å²) in [5.74, 6) is 0.593. The van der Waals surface area contributed by atoms with Crippen molar-refractivity contribution in [3.63, 3.8) is 0 Å². The number of rotatable bonds is 12. The second-order valence-electron chi connectivity index (χ2n) is 6.94. The number of esters is 2. The number of methoxy groups -OCH3 is 1. The molecule has 5 nitrogen and oxygen atoms in total. The maximum absolute atomic E-state index is 11.7. The molecule has 0 saturated heterocycles. The molecule has 0 aromatic rings. The van der Waals surface area contributed by atoms with Crippen LogP contribution >= 0.6 is 0 Å². The zero-order valence-corrected chi connectivity index (χ0v) is 15.4. The van der Waals surface area contributed by atoms with Crippen LogP contribution in [0, 0.1) is 11.8 Å². The number of hydrogen-bond acceptors (Lipinski definition) is 5. The highest BCUT2D eigenvalue weighted by atomic mass is 16.5. The minimum Gasteiger partial charge on any atom is -0.466 e. The molecule has 0 aromatic heterocycles. The Kier molecular flexibility index (Phi) is 11.5. The highest BCUT2D eigenvalue weighted by molar-refractivity contribution is 5.72. The summed E-state index contributed by atoms with van der Waals surface area (Å²) in [6.07, 6.45) is 9.04. The predicted octanol–water partition coefficient (Wildman–Crippen LogP) is 3.89. The molecular formula is C19H34O5. The lowest BCUT2D eigenvalue weighted by Gasteiger charge is -2.20. The highest BCUT2D eigenvalue weighted by Crippen LogP contribution is 2.23. The van der Waals surface area contributed by atoms with E-state index in [2.05, 4.69) is 6.92 Å². The first-order valence-electron chi connectivity index (χ1n) is 9.42. The van der Waals surface area contributed by atoms with Crippen LogP contribution < -0.4 is 0 Å². The van der Waals surface area contributed by atoms with Crippen molar-refractivity contribution >= 4 is 11.9 Å². The van der Waals surface area contributed by atoms with Gasteiger partial charge in [0.2, 0.25) is 0 Å². The van der Waals surface area contributed by atoms with Crippen molar-refractivity contribution in [2.75, 3.05) is 26.9 Å². The van der Waals surface area contributed by atoms with Gasteiger partial charge in [-0.1, -0.05) is 26.2 Å². The molecule has 0 aliphatic heterocycles. The van der Waals surface area contributed by atoms with Gasteiger partial charge in [0.05, 0.1) is 13.2 Å². The minimum absolute atomic E-state index is 0.193. The van der Waals surface area contributed by atoms with Gasteiger partial charge < -0.3 is 14.2 Å².